The molecule has 3 rings (SSSR count). The number of aromatic nitrogens is 2. The van der Waals surface area contributed by atoms with Crippen LogP contribution in [0.25, 0.3) is 0 Å². The molecule has 0 atom stereocenters. The van der Waals surface area contributed by atoms with E-state index in [4.69, 9.17) is 0 Å². The van der Waals surface area contributed by atoms with E-state index in [-0.39, 0.29) is 5.91 Å². The zero-order chi connectivity index (χ0) is 15.4. The second kappa shape index (κ2) is 6.56. The third kappa shape index (κ3) is 3.24. The van der Waals surface area contributed by atoms with Crippen LogP contribution in [0.2, 0.25) is 0 Å². The molecule has 2 heterocycles. The van der Waals surface area contributed by atoms with Crippen molar-refractivity contribution in [2.75, 3.05) is 16.8 Å². The first-order valence-corrected chi connectivity index (χ1v) is 7.71. The van der Waals surface area contributed by atoms with Crippen molar-refractivity contribution in [3.8, 4) is 0 Å². The number of carbonyl (C=O) groups excluding carboxylic acids is 1. The molecule has 22 heavy (non-hydrogen) atoms. The van der Waals surface area contributed by atoms with Crippen LogP contribution in [0.5, 0.6) is 0 Å². The van der Waals surface area contributed by atoms with E-state index >= 15 is 0 Å². The van der Waals surface area contributed by atoms with Crippen molar-refractivity contribution < 1.29 is 4.79 Å². The van der Waals surface area contributed by atoms with Crippen molar-refractivity contribution in [2.24, 2.45) is 0 Å². The van der Waals surface area contributed by atoms with E-state index in [9.17, 15) is 4.79 Å². The Morgan fingerprint density at radius 1 is 1.18 bits per heavy atom. The van der Waals surface area contributed by atoms with E-state index in [1.807, 2.05) is 19.1 Å². The number of amides is 1. The fraction of sp³-hybridized carbons (Fsp3) is 0.353. The van der Waals surface area contributed by atoms with E-state index in [0.717, 1.165) is 31.7 Å². The number of nitrogens with one attached hydrogen (secondary N) is 1. The number of carbonyl (C=O) groups is 1. The van der Waals surface area contributed by atoms with Gasteiger partial charge in [0, 0.05) is 19.5 Å². The highest BCUT2D eigenvalue weighted by atomic mass is 16.1. The van der Waals surface area contributed by atoms with E-state index in [0.29, 0.717) is 12.2 Å². The van der Waals surface area contributed by atoms with E-state index < -0.39 is 0 Å². The van der Waals surface area contributed by atoms with Crippen LogP contribution in [0.4, 0.5) is 11.6 Å². The predicted molar refractivity (Wildman–Crippen MR) is 86.8 cm³/mol. The van der Waals surface area contributed by atoms with Crippen LogP contribution < -0.4 is 10.2 Å². The zero-order valence-corrected chi connectivity index (χ0v) is 12.7. The summed E-state index contributed by atoms with van der Waals surface area (Å²) in [6, 6.07) is 12.2. The van der Waals surface area contributed by atoms with E-state index in [1.165, 1.54) is 11.1 Å². The SMILES string of the molecule is CCCC(=O)Nc1ccc(N2CCc3ccccc3C2)nn1. The molecular weight excluding hydrogens is 276 g/mol. The van der Waals surface area contributed by atoms with Crippen molar-refractivity contribution in [3.05, 3.63) is 47.5 Å². The van der Waals surface area contributed by atoms with Gasteiger partial charge in [-0.05, 0) is 36.1 Å². The molecule has 0 aliphatic carbocycles. The fourth-order valence-electron chi connectivity index (χ4n) is 2.68. The smallest absolute Gasteiger partial charge is 0.225 e. The van der Waals surface area contributed by atoms with Crippen molar-refractivity contribution in [1.82, 2.24) is 10.2 Å². The molecule has 0 saturated heterocycles. The summed E-state index contributed by atoms with van der Waals surface area (Å²) in [5.74, 6) is 1.35. The topological polar surface area (TPSA) is 58.1 Å². The van der Waals surface area contributed by atoms with Crippen LogP contribution in [0.15, 0.2) is 36.4 Å². The molecule has 1 N–H and O–H groups in total. The van der Waals surface area contributed by atoms with E-state index in [1.54, 1.807) is 0 Å². The van der Waals surface area contributed by atoms with Crippen molar-refractivity contribution in [2.45, 2.75) is 32.7 Å². The summed E-state index contributed by atoms with van der Waals surface area (Å²) in [5, 5.41) is 11.1. The number of benzene rings is 1. The van der Waals surface area contributed by atoms with Crippen LogP contribution in [0.3, 0.4) is 0 Å². The van der Waals surface area contributed by atoms with Gasteiger partial charge < -0.3 is 10.2 Å². The van der Waals surface area contributed by atoms with Gasteiger partial charge in [-0.3, -0.25) is 4.79 Å². The van der Waals surface area contributed by atoms with Gasteiger partial charge in [-0.2, -0.15) is 0 Å². The summed E-state index contributed by atoms with van der Waals surface area (Å²) in [7, 11) is 0. The highest BCUT2D eigenvalue weighted by Crippen LogP contribution is 2.22. The Kier molecular flexibility index (Phi) is 4.32. The monoisotopic (exact) mass is 296 g/mol. The average Bonchev–Trinajstić information content (AvgIpc) is 2.55. The Bertz CT molecular complexity index is 654. The molecule has 5 nitrogen and oxygen atoms in total. The van der Waals surface area contributed by atoms with Crippen LogP contribution in [-0.2, 0) is 17.8 Å². The molecule has 1 amide bonds. The summed E-state index contributed by atoms with van der Waals surface area (Å²) in [5.41, 5.74) is 2.76. The Labute approximate surface area is 130 Å². The highest BCUT2D eigenvalue weighted by Gasteiger charge is 2.17. The first-order valence-electron chi connectivity index (χ1n) is 7.71. The molecule has 1 aromatic carbocycles. The number of hydrogen-bond donors (Lipinski definition) is 1. The first kappa shape index (κ1) is 14.5. The van der Waals surface area contributed by atoms with Gasteiger partial charge in [-0.1, -0.05) is 31.2 Å². The summed E-state index contributed by atoms with van der Waals surface area (Å²) in [4.78, 5) is 13.8. The molecule has 114 valence electrons. The van der Waals surface area contributed by atoms with Crippen molar-refractivity contribution in [1.29, 1.82) is 0 Å². The predicted octanol–water partition coefficient (Wildman–Crippen LogP) is 2.78. The van der Waals surface area contributed by atoms with E-state index in [2.05, 4.69) is 44.7 Å². The largest absolute Gasteiger partial charge is 0.350 e. The minimum absolute atomic E-state index is 0.0172. The molecule has 0 unspecified atom stereocenters. The molecule has 1 aliphatic heterocycles. The van der Waals surface area contributed by atoms with Gasteiger partial charge >= 0.3 is 0 Å². The Morgan fingerprint density at radius 2 is 2.00 bits per heavy atom. The Morgan fingerprint density at radius 3 is 2.73 bits per heavy atom. The maximum absolute atomic E-state index is 11.5. The van der Waals surface area contributed by atoms with Crippen molar-refractivity contribution in [3.63, 3.8) is 0 Å². The second-order valence-corrected chi connectivity index (χ2v) is 5.52. The zero-order valence-electron chi connectivity index (χ0n) is 12.7. The molecular formula is C17H20N4O. The number of nitrogens with zero attached hydrogens (tertiary/aromatic N) is 3. The van der Waals surface area contributed by atoms with Crippen LogP contribution in [-0.4, -0.2) is 22.6 Å². The van der Waals surface area contributed by atoms with Gasteiger partial charge in [-0.25, -0.2) is 0 Å². The quantitative estimate of drug-likeness (QED) is 0.942. The van der Waals surface area contributed by atoms with Crippen molar-refractivity contribution >= 4 is 17.5 Å². The summed E-state index contributed by atoms with van der Waals surface area (Å²) in [6.45, 7) is 3.77. The summed E-state index contributed by atoms with van der Waals surface area (Å²) < 4.78 is 0. The molecule has 0 spiro atoms. The van der Waals surface area contributed by atoms with Gasteiger partial charge in [0.1, 0.15) is 0 Å². The molecule has 5 heteroatoms. The summed E-state index contributed by atoms with van der Waals surface area (Å²) in [6.07, 6.45) is 2.35. The standard InChI is InChI=1S/C17H20N4O/c1-2-5-17(22)18-15-8-9-16(20-19-15)21-11-10-13-6-3-4-7-14(13)12-21/h3-4,6-9H,2,5,10-12H2,1H3,(H,18,19,22). The Balaban J connectivity index is 1.68. The molecule has 0 fully saturated rings. The number of fused-ring (bicyclic) bond motifs is 1. The Hall–Kier alpha value is -2.43. The van der Waals surface area contributed by atoms with Crippen LogP contribution in [0, 0.1) is 0 Å². The third-order valence-corrected chi connectivity index (χ3v) is 3.85. The number of hydrogen-bond acceptors (Lipinski definition) is 4. The van der Waals surface area contributed by atoms with Gasteiger partial charge in [0.25, 0.3) is 0 Å². The lowest BCUT2D eigenvalue weighted by Crippen LogP contribution is -2.31. The lowest BCUT2D eigenvalue weighted by molar-refractivity contribution is -0.116. The number of anilines is 2. The molecule has 0 radical (unpaired) electrons. The molecule has 2 aromatic rings. The van der Waals surface area contributed by atoms with Gasteiger partial charge in [0.2, 0.25) is 5.91 Å². The third-order valence-electron chi connectivity index (χ3n) is 3.85. The number of rotatable bonds is 4. The van der Waals surface area contributed by atoms with Crippen LogP contribution >= 0.6 is 0 Å². The van der Waals surface area contributed by atoms with Crippen LogP contribution in [0.1, 0.15) is 30.9 Å². The minimum Gasteiger partial charge on any atom is -0.350 e. The molecule has 1 aromatic heterocycles. The maximum Gasteiger partial charge on any atom is 0.225 e. The second-order valence-electron chi connectivity index (χ2n) is 5.52. The first-order chi connectivity index (χ1) is 10.8. The lowest BCUT2D eigenvalue weighted by atomic mass is 10.00. The molecule has 0 saturated carbocycles. The molecule has 0 bridgehead atoms. The van der Waals surface area contributed by atoms with Gasteiger partial charge in [0.15, 0.2) is 11.6 Å². The fourth-order valence-corrected chi connectivity index (χ4v) is 2.68. The summed E-state index contributed by atoms with van der Waals surface area (Å²) >= 11 is 0. The lowest BCUT2D eigenvalue weighted by Gasteiger charge is -2.29. The normalized spacial score (nSPS) is 13.6. The van der Waals surface area contributed by atoms with Gasteiger partial charge in [0.05, 0.1) is 0 Å². The molecule has 1 aliphatic rings. The van der Waals surface area contributed by atoms with Gasteiger partial charge in [-0.15, -0.1) is 10.2 Å². The highest BCUT2D eigenvalue weighted by molar-refractivity contribution is 5.89. The average molecular weight is 296 g/mol. The minimum atomic E-state index is -0.0172. The maximum atomic E-state index is 11.5.